The van der Waals surface area contributed by atoms with Gasteiger partial charge in [-0.2, -0.15) is 0 Å². The zero-order chi connectivity index (χ0) is 15.2. The monoisotopic (exact) mass is 290 g/mol. The van der Waals surface area contributed by atoms with Crippen LogP contribution in [-0.4, -0.2) is 5.21 Å². The van der Waals surface area contributed by atoms with Crippen molar-refractivity contribution >= 4 is 11.4 Å². The van der Waals surface area contributed by atoms with Crippen LogP contribution in [0.1, 0.15) is 11.7 Å². The fourth-order valence-corrected chi connectivity index (χ4v) is 2.34. The van der Waals surface area contributed by atoms with Crippen molar-refractivity contribution in [2.24, 2.45) is 0 Å². The number of hydroxylamine groups is 1. The van der Waals surface area contributed by atoms with Crippen molar-refractivity contribution in [3.8, 4) is 0 Å². The Morgan fingerprint density at radius 2 is 1.18 bits per heavy atom. The molecule has 1 unspecified atom stereocenters. The molecule has 3 heteroatoms. The van der Waals surface area contributed by atoms with Crippen LogP contribution in [0.3, 0.4) is 0 Å². The van der Waals surface area contributed by atoms with Crippen molar-refractivity contribution in [1.82, 2.24) is 0 Å². The molecule has 3 aromatic carbocycles. The number of hydrogen-bond donors (Lipinski definition) is 2. The third-order valence-corrected chi connectivity index (χ3v) is 3.46. The van der Waals surface area contributed by atoms with Crippen molar-refractivity contribution in [3.05, 3.63) is 96.6 Å². The molecule has 0 fully saturated rings. The first-order chi connectivity index (χ1) is 10.8. The van der Waals surface area contributed by atoms with Gasteiger partial charge in [0.25, 0.3) is 0 Å². The van der Waals surface area contributed by atoms with Gasteiger partial charge in [-0.1, -0.05) is 66.7 Å². The van der Waals surface area contributed by atoms with E-state index in [0.717, 1.165) is 16.9 Å². The fourth-order valence-electron chi connectivity index (χ4n) is 2.34. The topological polar surface area (TPSA) is 35.5 Å². The minimum absolute atomic E-state index is 0.369. The predicted molar refractivity (Wildman–Crippen MR) is 90.0 cm³/mol. The average Bonchev–Trinajstić information content (AvgIpc) is 2.61. The van der Waals surface area contributed by atoms with E-state index in [9.17, 15) is 5.21 Å². The van der Waals surface area contributed by atoms with Gasteiger partial charge in [0.2, 0.25) is 0 Å². The Bertz CT molecular complexity index is 686. The summed E-state index contributed by atoms with van der Waals surface area (Å²) in [7, 11) is 0. The molecule has 110 valence electrons. The number of hydrogen-bond acceptors (Lipinski definition) is 3. The molecule has 2 N–H and O–H groups in total. The number of anilines is 2. The second kappa shape index (κ2) is 6.78. The number of rotatable bonds is 5. The van der Waals surface area contributed by atoms with E-state index in [1.165, 1.54) is 5.06 Å². The highest BCUT2D eigenvalue weighted by atomic mass is 16.5. The van der Waals surface area contributed by atoms with E-state index < -0.39 is 0 Å². The third kappa shape index (κ3) is 3.27. The van der Waals surface area contributed by atoms with Crippen LogP contribution in [0.25, 0.3) is 0 Å². The molecule has 0 saturated heterocycles. The Balaban J connectivity index is 1.93. The minimum atomic E-state index is -0.369. The normalized spacial score (nSPS) is 11.7. The second-order valence-electron chi connectivity index (χ2n) is 5.00. The Labute approximate surface area is 130 Å². The van der Waals surface area contributed by atoms with Crippen LogP contribution in [0, 0.1) is 0 Å². The van der Waals surface area contributed by atoms with E-state index in [-0.39, 0.29) is 6.17 Å². The summed E-state index contributed by atoms with van der Waals surface area (Å²) in [4.78, 5) is 0. The summed E-state index contributed by atoms with van der Waals surface area (Å²) in [5, 5.41) is 15.3. The van der Waals surface area contributed by atoms with E-state index in [1.807, 2.05) is 91.0 Å². The molecule has 1 atom stereocenters. The summed E-state index contributed by atoms with van der Waals surface area (Å²) in [6.45, 7) is 0. The lowest BCUT2D eigenvalue weighted by molar-refractivity contribution is 0.226. The van der Waals surface area contributed by atoms with Gasteiger partial charge in [-0.15, -0.1) is 0 Å². The number of nitrogens with zero attached hydrogens (tertiary/aromatic N) is 1. The van der Waals surface area contributed by atoms with Crippen LogP contribution in [-0.2, 0) is 0 Å². The zero-order valence-corrected chi connectivity index (χ0v) is 12.1. The van der Waals surface area contributed by atoms with Crippen molar-refractivity contribution < 1.29 is 5.21 Å². The van der Waals surface area contributed by atoms with E-state index in [0.29, 0.717) is 0 Å². The summed E-state index contributed by atoms with van der Waals surface area (Å²) in [6.07, 6.45) is -0.369. The van der Waals surface area contributed by atoms with Crippen molar-refractivity contribution in [1.29, 1.82) is 0 Å². The molecule has 0 aliphatic heterocycles. The van der Waals surface area contributed by atoms with E-state index >= 15 is 0 Å². The maximum absolute atomic E-state index is 10.7. The fraction of sp³-hybridized carbons (Fsp3) is 0.0526. The van der Waals surface area contributed by atoms with Gasteiger partial charge in [-0.25, -0.2) is 5.06 Å². The van der Waals surface area contributed by atoms with E-state index in [4.69, 9.17) is 0 Å². The maximum atomic E-state index is 10.7. The molecule has 3 aromatic rings. The molecule has 0 spiro atoms. The standard InChI is InChI=1S/C19H18N2O/c22-21(18-14-8-3-9-15-18)19(16-10-4-1-5-11-16)20-17-12-6-2-7-13-17/h1-15,19-20,22H. The van der Waals surface area contributed by atoms with Gasteiger partial charge < -0.3 is 5.32 Å². The molecule has 0 heterocycles. The highest BCUT2D eigenvalue weighted by Crippen LogP contribution is 2.26. The summed E-state index contributed by atoms with van der Waals surface area (Å²) in [5.41, 5.74) is 2.67. The summed E-state index contributed by atoms with van der Waals surface area (Å²) >= 11 is 0. The Morgan fingerprint density at radius 3 is 1.77 bits per heavy atom. The van der Waals surface area contributed by atoms with Gasteiger partial charge in [-0.05, 0) is 29.8 Å². The molecule has 0 aromatic heterocycles. The maximum Gasteiger partial charge on any atom is 0.150 e. The molecule has 3 nitrogen and oxygen atoms in total. The molecule has 0 saturated carbocycles. The first-order valence-electron chi connectivity index (χ1n) is 7.24. The zero-order valence-electron chi connectivity index (χ0n) is 12.1. The largest absolute Gasteiger partial charge is 0.360 e. The van der Waals surface area contributed by atoms with Gasteiger partial charge in [-0.3, -0.25) is 5.21 Å². The molecule has 0 aliphatic rings. The van der Waals surface area contributed by atoms with Crippen LogP contribution < -0.4 is 10.4 Å². The van der Waals surface area contributed by atoms with Crippen LogP contribution in [0.4, 0.5) is 11.4 Å². The van der Waals surface area contributed by atoms with Crippen molar-refractivity contribution in [3.63, 3.8) is 0 Å². The first kappa shape index (κ1) is 14.2. The first-order valence-corrected chi connectivity index (χ1v) is 7.24. The highest BCUT2D eigenvalue weighted by molar-refractivity contribution is 5.51. The lowest BCUT2D eigenvalue weighted by Gasteiger charge is -2.29. The van der Waals surface area contributed by atoms with E-state index in [1.54, 1.807) is 0 Å². The minimum Gasteiger partial charge on any atom is -0.360 e. The number of para-hydroxylation sites is 2. The van der Waals surface area contributed by atoms with Crippen LogP contribution in [0.15, 0.2) is 91.0 Å². The lowest BCUT2D eigenvalue weighted by atomic mass is 10.1. The van der Waals surface area contributed by atoms with Crippen molar-refractivity contribution in [2.45, 2.75) is 6.17 Å². The van der Waals surface area contributed by atoms with Gasteiger partial charge in [0, 0.05) is 5.69 Å². The van der Waals surface area contributed by atoms with Gasteiger partial charge in [0.1, 0.15) is 0 Å². The van der Waals surface area contributed by atoms with E-state index in [2.05, 4.69) is 5.32 Å². The number of benzene rings is 3. The molecular weight excluding hydrogens is 272 g/mol. The smallest absolute Gasteiger partial charge is 0.150 e. The quantitative estimate of drug-likeness (QED) is 0.528. The second-order valence-corrected chi connectivity index (χ2v) is 5.00. The Kier molecular flexibility index (Phi) is 4.37. The van der Waals surface area contributed by atoms with Crippen LogP contribution >= 0.6 is 0 Å². The molecule has 22 heavy (non-hydrogen) atoms. The molecule has 0 radical (unpaired) electrons. The predicted octanol–water partition coefficient (Wildman–Crippen LogP) is 4.69. The van der Waals surface area contributed by atoms with Crippen molar-refractivity contribution in [2.75, 3.05) is 10.4 Å². The van der Waals surface area contributed by atoms with Crippen LogP contribution in [0.5, 0.6) is 0 Å². The third-order valence-electron chi connectivity index (χ3n) is 3.46. The Hall–Kier alpha value is -2.78. The molecular formula is C19H18N2O. The Morgan fingerprint density at radius 1 is 0.682 bits per heavy atom. The SMILES string of the molecule is ON(c1ccccc1)C(Nc1ccccc1)c1ccccc1. The highest BCUT2D eigenvalue weighted by Gasteiger charge is 2.19. The molecule has 0 amide bonds. The molecule has 3 rings (SSSR count). The van der Waals surface area contributed by atoms with Gasteiger partial charge >= 0.3 is 0 Å². The number of nitrogens with one attached hydrogen (secondary N) is 1. The van der Waals surface area contributed by atoms with Crippen LogP contribution in [0.2, 0.25) is 0 Å². The molecule has 0 bridgehead atoms. The van der Waals surface area contributed by atoms with Gasteiger partial charge in [0.15, 0.2) is 6.17 Å². The summed E-state index contributed by atoms with van der Waals surface area (Å²) < 4.78 is 0. The van der Waals surface area contributed by atoms with Gasteiger partial charge in [0.05, 0.1) is 5.69 Å². The average molecular weight is 290 g/mol. The lowest BCUT2D eigenvalue weighted by Crippen LogP contribution is -2.30. The summed E-state index contributed by atoms with van der Waals surface area (Å²) in [6, 6.07) is 29.2. The summed E-state index contributed by atoms with van der Waals surface area (Å²) in [5.74, 6) is 0. The molecule has 0 aliphatic carbocycles.